The first-order valence-electron chi connectivity index (χ1n) is 8.24. The predicted octanol–water partition coefficient (Wildman–Crippen LogP) is 2.49. The predicted molar refractivity (Wildman–Crippen MR) is 93.5 cm³/mol. The molecule has 2 amide bonds. The number of amides is 2. The van der Waals surface area contributed by atoms with E-state index in [0.29, 0.717) is 18.9 Å². The summed E-state index contributed by atoms with van der Waals surface area (Å²) >= 11 is 0. The van der Waals surface area contributed by atoms with E-state index in [9.17, 15) is 9.59 Å². The third-order valence-corrected chi connectivity index (χ3v) is 4.14. The van der Waals surface area contributed by atoms with Gasteiger partial charge in [-0.25, -0.2) is 0 Å². The topological polar surface area (TPSA) is 61.4 Å². The summed E-state index contributed by atoms with van der Waals surface area (Å²) in [4.78, 5) is 26.2. The Morgan fingerprint density at radius 2 is 1.74 bits per heavy atom. The molecule has 1 aliphatic rings. The zero-order valence-corrected chi connectivity index (χ0v) is 14.4. The smallest absolute Gasteiger partial charge is 0.228 e. The maximum Gasteiger partial charge on any atom is 0.228 e. The molecule has 2 unspecified atom stereocenters. The fourth-order valence-electron chi connectivity index (χ4n) is 2.47. The Hall–Kier alpha value is -2.04. The van der Waals surface area contributed by atoms with Gasteiger partial charge in [-0.3, -0.25) is 9.59 Å². The van der Waals surface area contributed by atoms with Gasteiger partial charge in [0.25, 0.3) is 0 Å². The van der Waals surface area contributed by atoms with Gasteiger partial charge in [-0.2, -0.15) is 0 Å². The van der Waals surface area contributed by atoms with Gasteiger partial charge in [-0.05, 0) is 43.0 Å². The van der Waals surface area contributed by atoms with Crippen molar-refractivity contribution in [2.75, 3.05) is 30.9 Å². The normalized spacial score (nSPS) is 19.3. The summed E-state index contributed by atoms with van der Waals surface area (Å²) in [6.45, 7) is 4.94. The van der Waals surface area contributed by atoms with Crippen molar-refractivity contribution in [2.45, 2.75) is 26.7 Å². The van der Waals surface area contributed by atoms with E-state index in [-0.39, 0.29) is 23.7 Å². The average Bonchev–Trinajstić information content (AvgIpc) is 3.28. The molecule has 1 saturated carbocycles. The fraction of sp³-hybridized carbons (Fsp3) is 0.556. The molecule has 1 aromatic carbocycles. The molecule has 0 saturated heterocycles. The van der Waals surface area contributed by atoms with Crippen LogP contribution in [-0.4, -0.2) is 32.5 Å². The number of carbonyl (C=O) groups is 2. The number of nitrogens with zero attached hydrogens (tertiary/aromatic N) is 1. The molecule has 5 heteroatoms. The number of hydrogen-bond donors (Lipinski definition) is 2. The molecule has 23 heavy (non-hydrogen) atoms. The van der Waals surface area contributed by atoms with Gasteiger partial charge in [0.05, 0.1) is 11.8 Å². The third kappa shape index (κ3) is 4.98. The van der Waals surface area contributed by atoms with Gasteiger partial charge in [0.1, 0.15) is 0 Å². The Morgan fingerprint density at radius 1 is 1.13 bits per heavy atom. The minimum atomic E-state index is -0.192. The molecule has 2 N–H and O–H groups in total. The number of nitrogens with one attached hydrogen (secondary N) is 2. The molecule has 126 valence electrons. The highest BCUT2D eigenvalue weighted by Gasteiger charge is 2.47. The van der Waals surface area contributed by atoms with Crippen molar-refractivity contribution in [1.29, 1.82) is 0 Å². The maximum atomic E-state index is 12.2. The van der Waals surface area contributed by atoms with Crippen LogP contribution in [0.5, 0.6) is 0 Å². The second-order valence-corrected chi connectivity index (χ2v) is 6.85. The maximum absolute atomic E-state index is 12.2. The first kappa shape index (κ1) is 17.3. The lowest BCUT2D eigenvalue weighted by atomic mass is 10.1. The largest absolute Gasteiger partial charge is 0.378 e. The van der Waals surface area contributed by atoms with Crippen LogP contribution < -0.4 is 15.5 Å². The number of hydrogen-bond acceptors (Lipinski definition) is 3. The zero-order chi connectivity index (χ0) is 17.0. The van der Waals surface area contributed by atoms with Crippen molar-refractivity contribution in [3.05, 3.63) is 24.3 Å². The summed E-state index contributed by atoms with van der Waals surface area (Å²) in [6, 6.07) is 7.68. The average molecular weight is 317 g/mol. The number of benzene rings is 1. The first-order valence-corrected chi connectivity index (χ1v) is 8.24. The summed E-state index contributed by atoms with van der Waals surface area (Å²) in [5.74, 6) is 0.157. The highest BCUT2D eigenvalue weighted by Crippen LogP contribution is 2.39. The van der Waals surface area contributed by atoms with Crippen LogP contribution >= 0.6 is 0 Å². The van der Waals surface area contributed by atoms with Crippen LogP contribution in [0.4, 0.5) is 11.4 Å². The van der Waals surface area contributed by atoms with E-state index < -0.39 is 0 Å². The molecule has 0 spiro atoms. The molecule has 1 aromatic rings. The van der Waals surface area contributed by atoms with Crippen LogP contribution in [0.25, 0.3) is 0 Å². The third-order valence-electron chi connectivity index (χ3n) is 4.14. The van der Waals surface area contributed by atoms with E-state index in [2.05, 4.69) is 24.5 Å². The van der Waals surface area contributed by atoms with E-state index in [1.807, 2.05) is 43.3 Å². The Labute approximate surface area is 138 Å². The van der Waals surface area contributed by atoms with E-state index in [1.54, 1.807) is 0 Å². The summed E-state index contributed by atoms with van der Waals surface area (Å²) < 4.78 is 0. The van der Waals surface area contributed by atoms with Crippen molar-refractivity contribution in [1.82, 2.24) is 5.32 Å². The minimum Gasteiger partial charge on any atom is -0.378 e. The Kier molecular flexibility index (Phi) is 5.64. The monoisotopic (exact) mass is 317 g/mol. The van der Waals surface area contributed by atoms with Crippen LogP contribution in [-0.2, 0) is 9.59 Å². The van der Waals surface area contributed by atoms with Gasteiger partial charge in [0, 0.05) is 32.0 Å². The van der Waals surface area contributed by atoms with Crippen LogP contribution in [0.1, 0.15) is 26.7 Å². The number of carbonyl (C=O) groups excluding carboxylic acids is 2. The molecule has 2 rings (SSSR count). The molecule has 0 aliphatic heterocycles. The first-order chi connectivity index (χ1) is 10.9. The van der Waals surface area contributed by atoms with Gasteiger partial charge in [0.15, 0.2) is 0 Å². The second kappa shape index (κ2) is 7.49. The molecular weight excluding hydrogens is 290 g/mol. The zero-order valence-electron chi connectivity index (χ0n) is 14.4. The van der Waals surface area contributed by atoms with Crippen molar-refractivity contribution < 1.29 is 9.59 Å². The van der Waals surface area contributed by atoms with Crippen molar-refractivity contribution in [2.24, 2.45) is 17.8 Å². The lowest BCUT2D eigenvalue weighted by Gasteiger charge is -2.13. The quantitative estimate of drug-likeness (QED) is 0.812. The van der Waals surface area contributed by atoms with E-state index >= 15 is 0 Å². The van der Waals surface area contributed by atoms with E-state index in [1.165, 1.54) is 0 Å². The molecule has 5 nitrogen and oxygen atoms in total. The summed E-state index contributed by atoms with van der Waals surface area (Å²) in [7, 11) is 3.95. The standard InChI is InChI=1S/C18H27N3O2/c1-12(2)9-10-19-17(22)15-11-16(15)18(23)20-13-5-7-14(8-6-13)21(3)4/h5-8,12,15-16H,9-11H2,1-4H3,(H,19,22)(H,20,23). The van der Waals surface area contributed by atoms with Gasteiger partial charge >= 0.3 is 0 Å². The highest BCUT2D eigenvalue weighted by atomic mass is 16.2. The van der Waals surface area contributed by atoms with Crippen molar-refractivity contribution >= 4 is 23.2 Å². The van der Waals surface area contributed by atoms with Crippen molar-refractivity contribution in [3.8, 4) is 0 Å². The Bertz CT molecular complexity index is 552. The van der Waals surface area contributed by atoms with Gasteiger partial charge in [-0.1, -0.05) is 13.8 Å². The Balaban J connectivity index is 1.78. The molecule has 2 atom stereocenters. The number of anilines is 2. The molecular formula is C18H27N3O2. The van der Waals surface area contributed by atoms with Gasteiger partial charge < -0.3 is 15.5 Å². The van der Waals surface area contributed by atoms with Crippen molar-refractivity contribution in [3.63, 3.8) is 0 Å². The second-order valence-electron chi connectivity index (χ2n) is 6.85. The summed E-state index contributed by atoms with van der Waals surface area (Å²) in [5, 5.41) is 5.81. The fourth-order valence-corrected chi connectivity index (χ4v) is 2.47. The molecule has 0 bridgehead atoms. The van der Waals surface area contributed by atoms with Crippen LogP contribution in [0, 0.1) is 17.8 Å². The molecule has 1 aliphatic carbocycles. The number of rotatable bonds is 7. The lowest BCUT2D eigenvalue weighted by molar-refractivity contribution is -0.125. The van der Waals surface area contributed by atoms with Crippen LogP contribution in [0.15, 0.2) is 24.3 Å². The van der Waals surface area contributed by atoms with Crippen LogP contribution in [0.3, 0.4) is 0 Å². The van der Waals surface area contributed by atoms with Crippen LogP contribution in [0.2, 0.25) is 0 Å². The van der Waals surface area contributed by atoms with Gasteiger partial charge in [0.2, 0.25) is 11.8 Å². The molecule has 1 fully saturated rings. The highest BCUT2D eigenvalue weighted by molar-refractivity contribution is 5.99. The van der Waals surface area contributed by atoms with Gasteiger partial charge in [-0.15, -0.1) is 0 Å². The van der Waals surface area contributed by atoms with E-state index in [4.69, 9.17) is 0 Å². The summed E-state index contributed by atoms with van der Waals surface area (Å²) in [5.41, 5.74) is 1.85. The lowest BCUT2D eigenvalue weighted by Crippen LogP contribution is -2.28. The minimum absolute atomic E-state index is 0.00811. The SMILES string of the molecule is CC(C)CCNC(=O)C1CC1C(=O)Nc1ccc(N(C)C)cc1. The molecule has 0 radical (unpaired) electrons. The molecule has 0 aromatic heterocycles. The Morgan fingerprint density at radius 3 is 2.30 bits per heavy atom. The summed E-state index contributed by atoms with van der Waals surface area (Å²) in [6.07, 6.45) is 1.61. The van der Waals surface area contributed by atoms with E-state index in [0.717, 1.165) is 17.8 Å². The molecule has 0 heterocycles.